The first kappa shape index (κ1) is 28.2. The molecule has 192 valence electrons. The number of carbonyl (C=O) groups excluding carboxylic acids is 2. The Labute approximate surface area is 209 Å². The van der Waals surface area contributed by atoms with E-state index >= 15 is 0 Å². The Bertz CT molecular complexity index is 1090. The summed E-state index contributed by atoms with van der Waals surface area (Å²) in [6.07, 6.45) is 3.24. The third kappa shape index (κ3) is 7.99. The largest absolute Gasteiger partial charge is 0.497 e. The fraction of sp³-hybridized carbons (Fsp3) is 0.462. The summed E-state index contributed by atoms with van der Waals surface area (Å²) in [4.78, 5) is 28.2. The van der Waals surface area contributed by atoms with Gasteiger partial charge in [-0.25, -0.2) is 8.42 Å². The van der Waals surface area contributed by atoms with Gasteiger partial charge in [-0.05, 0) is 55.2 Å². The summed E-state index contributed by atoms with van der Waals surface area (Å²) in [5.41, 5.74) is 2.23. The van der Waals surface area contributed by atoms with Crippen molar-refractivity contribution in [3.8, 4) is 5.75 Å². The van der Waals surface area contributed by atoms with E-state index in [-0.39, 0.29) is 12.5 Å². The molecule has 2 aromatic rings. The first-order chi connectivity index (χ1) is 16.6. The van der Waals surface area contributed by atoms with Crippen LogP contribution in [0.25, 0.3) is 0 Å². The molecule has 35 heavy (non-hydrogen) atoms. The number of nitrogens with zero attached hydrogens (tertiary/aromatic N) is 2. The van der Waals surface area contributed by atoms with Crippen molar-refractivity contribution in [1.82, 2.24) is 10.2 Å². The van der Waals surface area contributed by atoms with E-state index in [4.69, 9.17) is 4.74 Å². The quantitative estimate of drug-likeness (QED) is 0.422. The minimum Gasteiger partial charge on any atom is -0.497 e. The summed E-state index contributed by atoms with van der Waals surface area (Å²) in [7, 11) is -2.25. The van der Waals surface area contributed by atoms with Gasteiger partial charge in [0.25, 0.3) is 0 Å². The Morgan fingerprint density at radius 2 is 1.71 bits per heavy atom. The molecule has 0 aromatic heterocycles. The van der Waals surface area contributed by atoms with Gasteiger partial charge in [0.1, 0.15) is 18.3 Å². The number of methoxy groups -OCH3 is 1. The molecular weight excluding hydrogens is 466 g/mol. The van der Waals surface area contributed by atoms with Gasteiger partial charge in [0.2, 0.25) is 21.8 Å². The van der Waals surface area contributed by atoms with Crippen molar-refractivity contribution < 1.29 is 22.7 Å². The highest BCUT2D eigenvalue weighted by Crippen LogP contribution is 2.23. The van der Waals surface area contributed by atoms with Crippen LogP contribution in [-0.2, 0) is 26.2 Å². The molecular formula is C26H37N3O5S. The molecule has 0 saturated carbocycles. The number of hydrogen-bond acceptors (Lipinski definition) is 5. The van der Waals surface area contributed by atoms with E-state index in [2.05, 4.69) is 5.32 Å². The summed E-state index contributed by atoms with van der Waals surface area (Å²) < 4.78 is 31.5. The maximum atomic E-state index is 13.7. The van der Waals surface area contributed by atoms with E-state index in [1.165, 1.54) is 12.0 Å². The average molecular weight is 504 g/mol. The molecule has 8 nitrogen and oxygen atoms in total. The molecule has 0 radical (unpaired) electrons. The molecule has 2 amide bonds. The van der Waals surface area contributed by atoms with Crippen LogP contribution in [0.3, 0.4) is 0 Å². The number of amides is 2. The fourth-order valence-electron chi connectivity index (χ4n) is 3.76. The highest BCUT2D eigenvalue weighted by molar-refractivity contribution is 7.92. The highest BCUT2D eigenvalue weighted by Gasteiger charge is 2.31. The molecule has 0 fully saturated rings. The predicted octanol–water partition coefficient (Wildman–Crippen LogP) is 3.49. The number of sulfonamides is 1. The number of carbonyl (C=O) groups is 2. The maximum absolute atomic E-state index is 13.7. The summed E-state index contributed by atoms with van der Waals surface area (Å²) in [6, 6.07) is 13.4. The molecule has 9 heteroatoms. The normalized spacial score (nSPS) is 12.0. The Morgan fingerprint density at radius 3 is 2.26 bits per heavy atom. The number of rotatable bonds is 13. The van der Waals surface area contributed by atoms with Crippen molar-refractivity contribution in [2.75, 3.05) is 30.8 Å². The summed E-state index contributed by atoms with van der Waals surface area (Å²) in [5.74, 6) is -0.116. The van der Waals surface area contributed by atoms with E-state index in [0.717, 1.165) is 34.5 Å². The van der Waals surface area contributed by atoms with Crippen LogP contribution in [0, 0.1) is 6.92 Å². The third-order valence-electron chi connectivity index (χ3n) is 5.86. The fourth-order valence-corrected chi connectivity index (χ4v) is 4.61. The van der Waals surface area contributed by atoms with Crippen LogP contribution in [0.15, 0.2) is 48.5 Å². The zero-order valence-electron chi connectivity index (χ0n) is 21.3. The lowest BCUT2D eigenvalue weighted by atomic mass is 10.1. The minimum atomic E-state index is -3.77. The standard InChI is InChI=1S/C26H37N3O5S/c1-6-8-17-27-26(31)24(7-2)28(18-21-12-10-9-11-20(21)3)25(30)19-29(35(5,32)33)22-13-15-23(34-4)16-14-22/h9-16,24H,6-8,17-19H2,1-5H3,(H,27,31)/t24-/m1/s1. The molecule has 0 unspecified atom stereocenters. The molecule has 0 bridgehead atoms. The van der Waals surface area contributed by atoms with Crippen LogP contribution in [0.5, 0.6) is 5.75 Å². The number of hydrogen-bond donors (Lipinski definition) is 1. The number of unbranched alkanes of at least 4 members (excludes halogenated alkanes) is 1. The SMILES string of the molecule is CCCCNC(=O)[C@@H](CC)N(Cc1ccccc1C)C(=O)CN(c1ccc(OC)cc1)S(C)(=O)=O. The molecule has 1 N–H and O–H groups in total. The Hall–Kier alpha value is -3.07. The minimum absolute atomic E-state index is 0.200. The second kappa shape index (κ2) is 13.1. The van der Waals surface area contributed by atoms with Crippen LogP contribution < -0.4 is 14.4 Å². The van der Waals surface area contributed by atoms with E-state index in [1.54, 1.807) is 24.3 Å². The maximum Gasteiger partial charge on any atom is 0.244 e. The van der Waals surface area contributed by atoms with Gasteiger partial charge < -0.3 is 15.0 Å². The summed E-state index contributed by atoms with van der Waals surface area (Å²) in [5, 5.41) is 2.92. The highest BCUT2D eigenvalue weighted by atomic mass is 32.2. The lowest BCUT2D eigenvalue weighted by Gasteiger charge is -2.33. The van der Waals surface area contributed by atoms with Crippen molar-refractivity contribution in [2.45, 2.75) is 52.6 Å². The zero-order chi connectivity index (χ0) is 26.0. The van der Waals surface area contributed by atoms with Gasteiger partial charge in [-0.2, -0.15) is 0 Å². The summed E-state index contributed by atoms with van der Waals surface area (Å²) >= 11 is 0. The molecule has 0 heterocycles. The van der Waals surface area contributed by atoms with E-state index in [1.807, 2.05) is 45.0 Å². The van der Waals surface area contributed by atoms with Gasteiger partial charge in [-0.15, -0.1) is 0 Å². The lowest BCUT2D eigenvalue weighted by molar-refractivity contribution is -0.140. The van der Waals surface area contributed by atoms with Crippen LogP contribution in [0.1, 0.15) is 44.2 Å². The van der Waals surface area contributed by atoms with Crippen LogP contribution in [0.2, 0.25) is 0 Å². The van der Waals surface area contributed by atoms with E-state index in [9.17, 15) is 18.0 Å². The average Bonchev–Trinajstić information content (AvgIpc) is 2.83. The number of ether oxygens (including phenoxy) is 1. The molecule has 0 aliphatic carbocycles. The third-order valence-corrected chi connectivity index (χ3v) is 7.00. The molecule has 0 spiro atoms. The van der Waals surface area contributed by atoms with Crippen molar-refractivity contribution in [3.63, 3.8) is 0 Å². The van der Waals surface area contributed by atoms with E-state index in [0.29, 0.717) is 24.4 Å². The van der Waals surface area contributed by atoms with Gasteiger partial charge in [0.15, 0.2) is 0 Å². The zero-order valence-corrected chi connectivity index (χ0v) is 22.1. The number of aryl methyl sites for hydroxylation is 1. The lowest BCUT2D eigenvalue weighted by Crippen LogP contribution is -2.52. The molecule has 1 atom stereocenters. The molecule has 0 aliphatic rings. The Kier molecular flexibility index (Phi) is 10.6. The van der Waals surface area contributed by atoms with Gasteiger partial charge >= 0.3 is 0 Å². The van der Waals surface area contributed by atoms with Crippen LogP contribution >= 0.6 is 0 Å². The van der Waals surface area contributed by atoms with Gasteiger partial charge in [-0.1, -0.05) is 44.5 Å². The van der Waals surface area contributed by atoms with Crippen molar-refractivity contribution in [2.24, 2.45) is 0 Å². The Morgan fingerprint density at radius 1 is 1.06 bits per heavy atom. The topological polar surface area (TPSA) is 96.0 Å². The first-order valence-corrected chi connectivity index (χ1v) is 13.7. The Balaban J connectivity index is 2.40. The monoisotopic (exact) mass is 503 g/mol. The molecule has 0 aliphatic heterocycles. The van der Waals surface area contributed by atoms with Gasteiger partial charge in [0.05, 0.1) is 19.1 Å². The summed E-state index contributed by atoms with van der Waals surface area (Å²) in [6.45, 7) is 6.14. The molecule has 2 aromatic carbocycles. The van der Waals surface area contributed by atoms with Crippen molar-refractivity contribution >= 4 is 27.5 Å². The first-order valence-electron chi connectivity index (χ1n) is 11.9. The number of nitrogens with one attached hydrogen (secondary N) is 1. The molecule has 0 saturated heterocycles. The smallest absolute Gasteiger partial charge is 0.244 e. The second-order valence-corrected chi connectivity index (χ2v) is 10.4. The van der Waals surface area contributed by atoms with E-state index < -0.39 is 28.5 Å². The van der Waals surface area contributed by atoms with Crippen LogP contribution in [-0.4, -0.2) is 57.6 Å². The van der Waals surface area contributed by atoms with Crippen molar-refractivity contribution in [1.29, 1.82) is 0 Å². The number of benzene rings is 2. The van der Waals surface area contributed by atoms with Gasteiger partial charge in [0, 0.05) is 13.1 Å². The van der Waals surface area contributed by atoms with Crippen LogP contribution in [0.4, 0.5) is 5.69 Å². The number of anilines is 1. The van der Waals surface area contributed by atoms with Crippen molar-refractivity contribution in [3.05, 3.63) is 59.7 Å². The predicted molar refractivity (Wildman–Crippen MR) is 139 cm³/mol. The second-order valence-electron chi connectivity index (χ2n) is 8.48. The van der Waals surface area contributed by atoms with Gasteiger partial charge in [-0.3, -0.25) is 13.9 Å². The molecule has 2 rings (SSSR count).